The molecule has 2 saturated heterocycles. The van der Waals surface area contributed by atoms with Crippen LogP contribution in [0.25, 0.3) is 0 Å². The van der Waals surface area contributed by atoms with Gasteiger partial charge < -0.3 is 0 Å². The van der Waals surface area contributed by atoms with Crippen LogP contribution in [-0.2, 0) is 0 Å². The Hall–Kier alpha value is -0.220. The van der Waals surface area contributed by atoms with E-state index in [9.17, 15) is 8.78 Å². The van der Waals surface area contributed by atoms with Gasteiger partial charge in [0.25, 0.3) is 5.92 Å². The zero-order valence-corrected chi connectivity index (χ0v) is 16.6. The summed E-state index contributed by atoms with van der Waals surface area (Å²) >= 11 is 0. The van der Waals surface area contributed by atoms with Crippen molar-refractivity contribution in [1.82, 2.24) is 9.80 Å². The van der Waals surface area contributed by atoms with Crippen molar-refractivity contribution in [3.05, 3.63) is 0 Å². The molecule has 142 valence electrons. The third kappa shape index (κ3) is 4.69. The average molecular weight is 345 g/mol. The highest BCUT2D eigenvalue weighted by Crippen LogP contribution is 2.40. The average Bonchev–Trinajstić information content (AvgIpc) is 2.41. The van der Waals surface area contributed by atoms with Gasteiger partial charge in [0.15, 0.2) is 0 Å². The van der Waals surface area contributed by atoms with E-state index in [2.05, 4.69) is 25.7 Å². The van der Waals surface area contributed by atoms with Gasteiger partial charge in [0.2, 0.25) is 0 Å². The highest BCUT2D eigenvalue weighted by atomic mass is 19.3. The predicted octanol–water partition coefficient (Wildman–Crippen LogP) is 4.74. The molecule has 0 aromatic heterocycles. The number of hydrogen-bond donors (Lipinski definition) is 0. The SMILES string of the molecule is CC(C)C1CN(C(C)CCC(C)C2CCN(C(C)C)CC2(F)F)C1. The molecule has 0 aliphatic carbocycles. The smallest absolute Gasteiger partial charge is 0.263 e. The standard InChI is InChI=1S/C20H38F2N2/c1-14(2)18-11-24(12-18)17(6)8-7-16(5)19-9-10-23(15(3)4)13-20(19,21)22/h14-19H,7-13H2,1-6H3. The first-order valence-corrected chi connectivity index (χ1v) is 9.97. The Morgan fingerprint density at radius 2 is 1.58 bits per heavy atom. The predicted molar refractivity (Wildman–Crippen MR) is 97.5 cm³/mol. The normalized spacial score (nSPS) is 29.0. The molecule has 0 radical (unpaired) electrons. The minimum atomic E-state index is -2.54. The van der Waals surface area contributed by atoms with Crippen molar-refractivity contribution >= 4 is 0 Å². The third-order valence-electron chi connectivity index (χ3n) is 6.64. The van der Waals surface area contributed by atoms with Crippen LogP contribution in [0.4, 0.5) is 8.78 Å². The van der Waals surface area contributed by atoms with Crippen LogP contribution in [0.2, 0.25) is 0 Å². The monoisotopic (exact) mass is 344 g/mol. The second-order valence-corrected chi connectivity index (χ2v) is 9.08. The minimum Gasteiger partial charge on any atom is -0.300 e. The molecular weight excluding hydrogens is 306 g/mol. The van der Waals surface area contributed by atoms with E-state index in [-0.39, 0.29) is 18.5 Å². The molecule has 2 rings (SSSR count). The van der Waals surface area contributed by atoms with Gasteiger partial charge in [-0.15, -0.1) is 0 Å². The van der Waals surface area contributed by atoms with Gasteiger partial charge in [-0.2, -0.15) is 0 Å². The Bertz CT molecular complexity index is 391. The number of halogens is 2. The summed E-state index contributed by atoms with van der Waals surface area (Å²) < 4.78 is 29.2. The van der Waals surface area contributed by atoms with E-state index in [0.717, 1.165) is 31.2 Å². The van der Waals surface area contributed by atoms with Gasteiger partial charge in [-0.05, 0) is 64.3 Å². The van der Waals surface area contributed by atoms with Crippen molar-refractivity contribution in [2.75, 3.05) is 26.2 Å². The molecule has 2 nitrogen and oxygen atoms in total. The Labute approximate surface area is 148 Å². The summed E-state index contributed by atoms with van der Waals surface area (Å²) in [7, 11) is 0. The summed E-state index contributed by atoms with van der Waals surface area (Å²) in [6.07, 6.45) is 2.61. The summed E-state index contributed by atoms with van der Waals surface area (Å²) in [5.74, 6) is -1.28. The fraction of sp³-hybridized carbons (Fsp3) is 1.00. The fourth-order valence-electron chi connectivity index (χ4n) is 4.34. The molecule has 0 spiro atoms. The van der Waals surface area contributed by atoms with E-state index < -0.39 is 11.8 Å². The number of likely N-dealkylation sites (tertiary alicyclic amines) is 2. The maximum atomic E-state index is 14.6. The van der Waals surface area contributed by atoms with E-state index in [0.29, 0.717) is 12.5 Å². The van der Waals surface area contributed by atoms with Crippen molar-refractivity contribution in [1.29, 1.82) is 0 Å². The van der Waals surface area contributed by atoms with Crippen LogP contribution in [0.3, 0.4) is 0 Å². The number of alkyl halides is 2. The van der Waals surface area contributed by atoms with Crippen LogP contribution in [0.5, 0.6) is 0 Å². The summed E-state index contributed by atoms with van der Waals surface area (Å²) in [5, 5.41) is 0. The summed E-state index contributed by atoms with van der Waals surface area (Å²) in [4.78, 5) is 4.45. The molecule has 2 heterocycles. The van der Waals surface area contributed by atoms with Crippen LogP contribution in [-0.4, -0.2) is 54.0 Å². The minimum absolute atomic E-state index is 0.0581. The lowest BCUT2D eigenvalue weighted by atomic mass is 9.79. The van der Waals surface area contributed by atoms with Gasteiger partial charge in [0, 0.05) is 31.1 Å². The largest absolute Gasteiger partial charge is 0.300 e. The first-order chi connectivity index (χ1) is 11.1. The molecule has 0 N–H and O–H groups in total. The molecule has 2 aliphatic heterocycles. The van der Waals surface area contributed by atoms with Gasteiger partial charge in [-0.3, -0.25) is 9.80 Å². The molecule has 2 fully saturated rings. The molecule has 0 bridgehead atoms. The molecule has 4 heteroatoms. The molecule has 3 unspecified atom stereocenters. The Kier molecular flexibility index (Phi) is 6.69. The zero-order valence-electron chi connectivity index (χ0n) is 16.6. The van der Waals surface area contributed by atoms with Gasteiger partial charge in [-0.25, -0.2) is 8.78 Å². The molecule has 2 aliphatic rings. The van der Waals surface area contributed by atoms with Crippen LogP contribution in [0, 0.1) is 23.7 Å². The van der Waals surface area contributed by atoms with E-state index >= 15 is 0 Å². The van der Waals surface area contributed by atoms with Crippen LogP contribution in [0.1, 0.15) is 60.8 Å². The Balaban J connectivity index is 1.77. The van der Waals surface area contributed by atoms with Crippen molar-refractivity contribution in [2.24, 2.45) is 23.7 Å². The van der Waals surface area contributed by atoms with Crippen molar-refractivity contribution in [2.45, 2.75) is 78.8 Å². The Morgan fingerprint density at radius 1 is 0.958 bits per heavy atom. The summed E-state index contributed by atoms with van der Waals surface area (Å²) in [6, 6.07) is 0.749. The summed E-state index contributed by atoms with van der Waals surface area (Å²) in [5.41, 5.74) is 0. The number of hydrogen-bond acceptors (Lipinski definition) is 2. The molecule has 3 atom stereocenters. The van der Waals surface area contributed by atoms with Gasteiger partial charge in [-0.1, -0.05) is 20.8 Å². The molecule has 0 aromatic carbocycles. The van der Waals surface area contributed by atoms with E-state index in [1.807, 2.05) is 25.7 Å². The topological polar surface area (TPSA) is 6.48 Å². The molecule has 0 saturated carbocycles. The molecule has 0 amide bonds. The lowest BCUT2D eigenvalue weighted by Crippen LogP contribution is -2.53. The van der Waals surface area contributed by atoms with Crippen molar-refractivity contribution in [3.8, 4) is 0 Å². The van der Waals surface area contributed by atoms with Gasteiger partial charge in [0.1, 0.15) is 0 Å². The van der Waals surface area contributed by atoms with Crippen LogP contribution < -0.4 is 0 Å². The van der Waals surface area contributed by atoms with Crippen molar-refractivity contribution in [3.63, 3.8) is 0 Å². The highest BCUT2D eigenvalue weighted by molar-refractivity contribution is 4.91. The van der Waals surface area contributed by atoms with Gasteiger partial charge >= 0.3 is 0 Å². The van der Waals surface area contributed by atoms with Crippen LogP contribution >= 0.6 is 0 Å². The lowest BCUT2D eigenvalue weighted by Gasteiger charge is -2.46. The third-order valence-corrected chi connectivity index (χ3v) is 6.64. The molecular formula is C20H38F2N2. The first-order valence-electron chi connectivity index (χ1n) is 9.97. The fourth-order valence-corrected chi connectivity index (χ4v) is 4.34. The highest BCUT2D eigenvalue weighted by Gasteiger charge is 2.47. The number of rotatable bonds is 7. The molecule has 0 aromatic rings. The molecule has 24 heavy (non-hydrogen) atoms. The van der Waals surface area contributed by atoms with Crippen LogP contribution in [0.15, 0.2) is 0 Å². The quantitative estimate of drug-likeness (QED) is 0.658. The maximum absolute atomic E-state index is 14.6. The van der Waals surface area contributed by atoms with Gasteiger partial charge in [0.05, 0.1) is 6.54 Å². The Morgan fingerprint density at radius 3 is 2.08 bits per heavy atom. The number of nitrogens with zero attached hydrogens (tertiary/aromatic N) is 2. The maximum Gasteiger partial charge on any atom is 0.263 e. The van der Waals surface area contributed by atoms with E-state index in [1.54, 1.807) is 0 Å². The zero-order chi connectivity index (χ0) is 18.1. The number of piperidine rings is 1. The first kappa shape index (κ1) is 20.1. The lowest BCUT2D eigenvalue weighted by molar-refractivity contribution is -0.134. The van der Waals surface area contributed by atoms with E-state index in [4.69, 9.17) is 0 Å². The van der Waals surface area contributed by atoms with Crippen molar-refractivity contribution < 1.29 is 8.78 Å². The second kappa shape index (κ2) is 7.99. The van der Waals surface area contributed by atoms with E-state index in [1.165, 1.54) is 13.1 Å². The summed E-state index contributed by atoms with van der Waals surface area (Å²) in [6.45, 7) is 16.1. The second-order valence-electron chi connectivity index (χ2n) is 9.08.